The zero-order valence-electron chi connectivity index (χ0n) is 15.1. The summed E-state index contributed by atoms with van der Waals surface area (Å²) in [5.41, 5.74) is 3.73. The first-order chi connectivity index (χ1) is 11.9. The summed E-state index contributed by atoms with van der Waals surface area (Å²) >= 11 is 5.62. The fourth-order valence-corrected chi connectivity index (χ4v) is 3.52. The molecule has 0 heterocycles. The molecule has 10 heteroatoms. The van der Waals surface area contributed by atoms with Gasteiger partial charge in [-0.2, -0.15) is 24.4 Å². The summed E-state index contributed by atoms with van der Waals surface area (Å²) in [6.45, 7) is 0.596. The molecular weight excluding hydrogens is 398 g/mol. The van der Waals surface area contributed by atoms with E-state index < -0.39 is 12.0 Å². The lowest BCUT2D eigenvalue weighted by Gasteiger charge is -2.28. The van der Waals surface area contributed by atoms with Crippen molar-refractivity contribution < 1.29 is 37.6 Å². The van der Waals surface area contributed by atoms with Crippen LogP contribution in [0.15, 0.2) is 0 Å². The van der Waals surface area contributed by atoms with Crippen LogP contribution < -0.4 is 28.8 Å². The molecule has 1 fully saturated rings. The van der Waals surface area contributed by atoms with Gasteiger partial charge in [0.2, 0.25) is 5.91 Å². The van der Waals surface area contributed by atoms with Crippen LogP contribution >= 0.6 is 24.4 Å². The number of nitrogens with one attached hydrogen (secondary N) is 2. The Morgan fingerprint density at radius 2 is 1.88 bits per heavy atom. The highest BCUT2D eigenvalue weighted by Crippen LogP contribution is 2.28. The Kier molecular flexibility index (Phi) is 13.2. The number of carboxylic acid groups (broad SMARTS) is 1. The van der Waals surface area contributed by atoms with Gasteiger partial charge in [-0.25, -0.2) is 4.79 Å². The molecule has 1 rings (SSSR count). The summed E-state index contributed by atoms with van der Waals surface area (Å²) in [7, 11) is 0. The summed E-state index contributed by atoms with van der Waals surface area (Å²) < 4.78 is 0. The first-order valence-corrected chi connectivity index (χ1v) is 10.6. The van der Waals surface area contributed by atoms with Crippen molar-refractivity contribution in [2.75, 3.05) is 24.3 Å². The van der Waals surface area contributed by atoms with Gasteiger partial charge < -0.3 is 33.9 Å². The molecule has 26 heavy (non-hydrogen) atoms. The summed E-state index contributed by atoms with van der Waals surface area (Å²) in [6.07, 6.45) is 5.49. The number of rotatable bonds is 10. The highest BCUT2D eigenvalue weighted by Gasteiger charge is 2.29. The number of thioether (sulfide) groups is 1. The monoisotopic (exact) mass is 427 g/mol. The van der Waals surface area contributed by atoms with Gasteiger partial charge in [-0.05, 0) is 50.0 Å². The molecule has 0 spiro atoms. The summed E-state index contributed by atoms with van der Waals surface area (Å²) in [4.78, 5) is 35.3. The van der Waals surface area contributed by atoms with E-state index in [0.717, 1.165) is 25.7 Å². The Morgan fingerprint density at radius 3 is 2.38 bits per heavy atom. The van der Waals surface area contributed by atoms with Crippen LogP contribution in [-0.2, 0) is 14.4 Å². The molecule has 0 unspecified atom stereocenters. The van der Waals surface area contributed by atoms with Crippen molar-refractivity contribution in [3.8, 4) is 0 Å². The van der Waals surface area contributed by atoms with Gasteiger partial charge in [-0.15, -0.1) is 0 Å². The number of carbonyl (C=O) groups excluding carboxylic acids is 2. The summed E-state index contributed by atoms with van der Waals surface area (Å²) in [5.74, 6) is 0.0964. The molecule has 2 atom stereocenters. The second-order valence-electron chi connectivity index (χ2n) is 6.52. The van der Waals surface area contributed by atoms with Gasteiger partial charge in [0.1, 0.15) is 6.04 Å². The third-order valence-electron chi connectivity index (χ3n) is 4.60. The lowest BCUT2D eigenvalue weighted by molar-refractivity contribution is -0.396. The van der Waals surface area contributed by atoms with E-state index in [4.69, 9.17) is 0 Å². The van der Waals surface area contributed by atoms with Gasteiger partial charge in [-0.1, -0.05) is 0 Å². The molecule has 0 aromatic carbocycles. The van der Waals surface area contributed by atoms with E-state index in [-0.39, 0.29) is 36.2 Å². The van der Waals surface area contributed by atoms with Crippen LogP contribution in [0.1, 0.15) is 32.1 Å². The molecule has 2 amide bonds. The first kappa shape index (κ1) is 25.4. The van der Waals surface area contributed by atoms with Gasteiger partial charge in [0, 0.05) is 12.5 Å². The van der Waals surface area contributed by atoms with Crippen LogP contribution in [0.5, 0.6) is 0 Å². The van der Waals surface area contributed by atoms with E-state index in [1.54, 1.807) is 11.8 Å². The average molecular weight is 428 g/mol. The van der Waals surface area contributed by atoms with Crippen molar-refractivity contribution in [2.24, 2.45) is 11.8 Å². The van der Waals surface area contributed by atoms with E-state index >= 15 is 0 Å². The Hall–Kier alpha value is -0.640. The largest absolute Gasteiger partial charge is 1.00 e. The molecule has 6 N–H and O–H groups in total. The number of amides is 2. The van der Waals surface area contributed by atoms with Gasteiger partial charge in [0.05, 0.1) is 5.75 Å². The minimum atomic E-state index is -0.981. The first-order valence-electron chi connectivity index (χ1n) is 8.62. The zero-order chi connectivity index (χ0) is 18.8. The van der Waals surface area contributed by atoms with Crippen LogP contribution in [-0.4, -0.2) is 59.3 Å². The maximum absolute atomic E-state index is 12.3. The topological polar surface area (TPSA) is 123 Å². The van der Waals surface area contributed by atoms with Crippen molar-refractivity contribution in [2.45, 2.75) is 44.2 Å². The number of hydrogen-bond acceptors (Lipinski definition) is 5. The minimum Gasteiger partial charge on any atom is -1.00 e. The number of carbonyl (C=O) groups is 3. The van der Waals surface area contributed by atoms with Crippen LogP contribution in [0.2, 0.25) is 0 Å². The number of thiol groups is 1. The fraction of sp³-hybridized carbons (Fsp3) is 0.812. The Labute approximate surface area is 170 Å². The van der Waals surface area contributed by atoms with Crippen molar-refractivity contribution in [3.63, 3.8) is 0 Å². The van der Waals surface area contributed by atoms with E-state index in [1.807, 2.05) is 6.26 Å². The SMILES string of the molecule is CSCC[C@H](NC(=O)C1CCC(CNC(=O)[C@@H]([NH3+])CS)CC1)C(=O)O.[Cl-]. The molecule has 152 valence electrons. The van der Waals surface area contributed by atoms with Gasteiger partial charge in [0.15, 0.2) is 6.04 Å². The predicted octanol–water partition coefficient (Wildman–Crippen LogP) is -3.22. The lowest BCUT2D eigenvalue weighted by atomic mass is 9.81. The van der Waals surface area contributed by atoms with Gasteiger partial charge in [0.25, 0.3) is 5.91 Å². The standard InChI is InChI=1S/C16H29N3O4S2.ClH/c1-25-7-6-13(16(22)23)19-14(20)11-4-2-10(3-5-11)8-18-15(21)12(17)9-24;/h10-13,24H,2-9,17H2,1H3,(H,18,21)(H,19,20)(H,22,23);1H/t10?,11?,12-,13-;/m0./s1. The maximum atomic E-state index is 12.3. The van der Waals surface area contributed by atoms with E-state index in [1.165, 1.54) is 0 Å². The third kappa shape index (κ3) is 8.83. The summed E-state index contributed by atoms with van der Waals surface area (Å²) in [6, 6.07) is -1.16. The van der Waals surface area contributed by atoms with Crippen molar-refractivity contribution in [3.05, 3.63) is 0 Å². The van der Waals surface area contributed by atoms with Crippen LogP contribution in [0.3, 0.4) is 0 Å². The predicted molar refractivity (Wildman–Crippen MR) is 102 cm³/mol. The van der Waals surface area contributed by atoms with Crippen LogP contribution in [0.4, 0.5) is 0 Å². The van der Waals surface area contributed by atoms with Crippen LogP contribution in [0.25, 0.3) is 0 Å². The quantitative estimate of drug-likeness (QED) is 0.235. The number of quaternary nitrogens is 1. The molecule has 1 aliphatic carbocycles. The smallest absolute Gasteiger partial charge is 0.326 e. The van der Waals surface area contributed by atoms with E-state index in [9.17, 15) is 19.5 Å². The molecule has 0 aromatic heterocycles. The van der Waals surface area contributed by atoms with Gasteiger partial charge in [-0.3, -0.25) is 9.59 Å². The molecule has 1 aliphatic rings. The number of carboxylic acids is 1. The molecule has 0 aliphatic heterocycles. The molecule has 0 aromatic rings. The van der Waals surface area contributed by atoms with E-state index in [2.05, 4.69) is 29.0 Å². The highest BCUT2D eigenvalue weighted by molar-refractivity contribution is 7.98. The Morgan fingerprint density at radius 1 is 1.27 bits per heavy atom. The third-order valence-corrected chi connectivity index (χ3v) is 5.68. The number of hydrogen-bond donors (Lipinski definition) is 5. The van der Waals surface area contributed by atoms with Crippen molar-refractivity contribution in [1.29, 1.82) is 0 Å². The van der Waals surface area contributed by atoms with Crippen molar-refractivity contribution in [1.82, 2.24) is 10.6 Å². The summed E-state index contributed by atoms with van der Waals surface area (Å²) in [5, 5.41) is 14.8. The second-order valence-corrected chi connectivity index (χ2v) is 7.87. The second kappa shape index (κ2) is 13.5. The average Bonchev–Trinajstić information content (AvgIpc) is 2.62. The minimum absolute atomic E-state index is 0. The lowest BCUT2D eigenvalue weighted by Crippen LogP contribution is -3.00. The van der Waals surface area contributed by atoms with E-state index in [0.29, 0.717) is 30.4 Å². The fourth-order valence-electron chi connectivity index (χ4n) is 2.88. The number of halogens is 1. The molecule has 0 radical (unpaired) electrons. The zero-order valence-corrected chi connectivity index (χ0v) is 17.5. The normalized spacial score (nSPS) is 21.8. The molecule has 7 nitrogen and oxygen atoms in total. The van der Waals surface area contributed by atoms with Gasteiger partial charge >= 0.3 is 5.97 Å². The van der Waals surface area contributed by atoms with Crippen LogP contribution in [0, 0.1) is 11.8 Å². The molecule has 1 saturated carbocycles. The van der Waals surface area contributed by atoms with Crippen molar-refractivity contribution >= 4 is 42.2 Å². The Bertz CT molecular complexity index is 463. The molecule has 0 saturated heterocycles. The molecule has 0 bridgehead atoms. The number of aliphatic carboxylic acids is 1. The highest BCUT2D eigenvalue weighted by atomic mass is 35.5. The molecular formula is C16H30ClN3O4S2. The Balaban J connectivity index is 0.00000625. The maximum Gasteiger partial charge on any atom is 0.326 e.